The van der Waals surface area contributed by atoms with E-state index in [2.05, 4.69) is 4.98 Å². The van der Waals surface area contributed by atoms with Crippen molar-refractivity contribution < 1.29 is 14.8 Å². The molecule has 1 aliphatic rings. The molecule has 2 amide bonds. The zero-order valence-electron chi connectivity index (χ0n) is 17.8. The van der Waals surface area contributed by atoms with Crippen LogP contribution in [0.5, 0.6) is 0 Å². The molecule has 2 heterocycles. The van der Waals surface area contributed by atoms with Crippen molar-refractivity contribution in [2.45, 2.75) is 25.7 Å². The maximum atomic E-state index is 13.3. The van der Waals surface area contributed by atoms with Gasteiger partial charge in [0.25, 0.3) is 11.8 Å². The second kappa shape index (κ2) is 10.1. The molecule has 2 aromatic carbocycles. The first kappa shape index (κ1) is 21.5. The molecule has 3 N–H and O–H groups in total. The Labute approximate surface area is 186 Å². The van der Waals surface area contributed by atoms with Crippen molar-refractivity contribution in [2.24, 2.45) is 0 Å². The zero-order valence-corrected chi connectivity index (χ0v) is 17.8. The summed E-state index contributed by atoms with van der Waals surface area (Å²) >= 11 is 0. The third-order valence-electron chi connectivity index (χ3n) is 5.55. The molecular weight excluding hydrogens is 404 g/mol. The number of rotatable bonds is 6. The summed E-state index contributed by atoms with van der Waals surface area (Å²) in [4.78, 5) is 34.4. The normalized spacial score (nSPS) is 14.0. The fourth-order valence-corrected chi connectivity index (χ4v) is 3.87. The number of carbonyl (C=O) groups excluding carboxylic acids is 2. The lowest BCUT2D eigenvalue weighted by Gasteiger charge is -2.26. The Morgan fingerprint density at radius 3 is 2.44 bits per heavy atom. The molecule has 0 spiro atoms. The largest absolute Gasteiger partial charge is 0.337 e. The summed E-state index contributed by atoms with van der Waals surface area (Å²) in [6, 6.07) is 17.5. The maximum absolute atomic E-state index is 13.3. The summed E-state index contributed by atoms with van der Waals surface area (Å²) in [5.41, 5.74) is 5.57. The van der Waals surface area contributed by atoms with Crippen LogP contribution in [0.25, 0.3) is 17.3 Å². The SMILES string of the molecule is O=C(C=Cc1ccc(Cc2nc(-c3ccccc3)c(C(=O)N3CCCCC3)[nH]2)cc1)NO. The van der Waals surface area contributed by atoms with E-state index in [0.717, 1.165) is 48.4 Å². The van der Waals surface area contributed by atoms with Crippen molar-refractivity contribution in [3.63, 3.8) is 0 Å². The number of carbonyl (C=O) groups is 2. The van der Waals surface area contributed by atoms with Crippen molar-refractivity contribution in [3.05, 3.63) is 83.3 Å². The lowest BCUT2D eigenvalue weighted by molar-refractivity contribution is -0.124. The monoisotopic (exact) mass is 430 g/mol. The summed E-state index contributed by atoms with van der Waals surface area (Å²) in [5.74, 6) is 0.154. The van der Waals surface area contributed by atoms with Gasteiger partial charge in [0.2, 0.25) is 0 Å². The molecule has 164 valence electrons. The first-order chi connectivity index (χ1) is 15.6. The fourth-order valence-electron chi connectivity index (χ4n) is 3.87. The highest BCUT2D eigenvalue weighted by atomic mass is 16.5. The summed E-state index contributed by atoms with van der Waals surface area (Å²) < 4.78 is 0. The minimum Gasteiger partial charge on any atom is -0.337 e. The Hall–Kier alpha value is -3.71. The molecule has 0 atom stereocenters. The van der Waals surface area contributed by atoms with Gasteiger partial charge in [0, 0.05) is 31.1 Å². The summed E-state index contributed by atoms with van der Waals surface area (Å²) in [5, 5.41) is 8.56. The van der Waals surface area contributed by atoms with Gasteiger partial charge in [-0.15, -0.1) is 0 Å². The fraction of sp³-hybridized carbons (Fsp3) is 0.240. The van der Waals surface area contributed by atoms with E-state index in [-0.39, 0.29) is 5.91 Å². The van der Waals surface area contributed by atoms with Crippen LogP contribution >= 0.6 is 0 Å². The number of imidazole rings is 1. The lowest BCUT2D eigenvalue weighted by Crippen LogP contribution is -2.36. The average Bonchev–Trinajstić information content (AvgIpc) is 3.27. The van der Waals surface area contributed by atoms with E-state index in [1.54, 1.807) is 11.6 Å². The number of hydrogen-bond acceptors (Lipinski definition) is 4. The Balaban J connectivity index is 1.58. The van der Waals surface area contributed by atoms with E-state index in [1.165, 1.54) is 12.5 Å². The zero-order chi connectivity index (χ0) is 22.3. The van der Waals surface area contributed by atoms with Gasteiger partial charge in [-0.25, -0.2) is 10.5 Å². The predicted molar refractivity (Wildman–Crippen MR) is 122 cm³/mol. The van der Waals surface area contributed by atoms with E-state index < -0.39 is 5.91 Å². The molecule has 7 heteroatoms. The van der Waals surface area contributed by atoms with Gasteiger partial charge >= 0.3 is 0 Å². The predicted octanol–water partition coefficient (Wildman–Crippen LogP) is 3.81. The number of aromatic amines is 1. The van der Waals surface area contributed by atoms with Gasteiger partial charge in [-0.05, 0) is 36.5 Å². The first-order valence-electron chi connectivity index (χ1n) is 10.8. The summed E-state index contributed by atoms with van der Waals surface area (Å²) in [7, 11) is 0. The second-order valence-electron chi connectivity index (χ2n) is 7.85. The highest BCUT2D eigenvalue weighted by molar-refractivity contribution is 5.98. The average molecular weight is 431 g/mol. The van der Waals surface area contributed by atoms with Crippen LogP contribution in [0, 0.1) is 0 Å². The van der Waals surface area contributed by atoms with Crippen LogP contribution in [0.3, 0.4) is 0 Å². The Kier molecular flexibility index (Phi) is 6.77. The molecule has 0 saturated carbocycles. The van der Waals surface area contributed by atoms with Gasteiger partial charge in [-0.3, -0.25) is 14.8 Å². The number of aromatic nitrogens is 2. The molecule has 0 unspecified atom stereocenters. The van der Waals surface area contributed by atoms with Crippen molar-refractivity contribution >= 4 is 17.9 Å². The van der Waals surface area contributed by atoms with E-state index in [4.69, 9.17) is 10.2 Å². The first-order valence-corrected chi connectivity index (χ1v) is 10.8. The minimum absolute atomic E-state index is 0.00458. The van der Waals surface area contributed by atoms with Crippen molar-refractivity contribution in [3.8, 4) is 11.3 Å². The second-order valence-corrected chi connectivity index (χ2v) is 7.85. The van der Waals surface area contributed by atoms with Gasteiger partial charge in [0.1, 0.15) is 17.2 Å². The quantitative estimate of drug-likeness (QED) is 0.315. The number of piperidine rings is 1. The van der Waals surface area contributed by atoms with Crippen LogP contribution in [-0.2, 0) is 11.2 Å². The topological polar surface area (TPSA) is 98.3 Å². The van der Waals surface area contributed by atoms with Crippen molar-refractivity contribution in [2.75, 3.05) is 13.1 Å². The molecular formula is C25H26N4O3. The van der Waals surface area contributed by atoms with Crippen LogP contribution in [0.1, 0.15) is 46.7 Å². The molecule has 1 aliphatic heterocycles. The van der Waals surface area contributed by atoms with Crippen LogP contribution in [0.2, 0.25) is 0 Å². The molecule has 0 aliphatic carbocycles. The third kappa shape index (κ3) is 5.12. The third-order valence-corrected chi connectivity index (χ3v) is 5.55. The number of nitrogens with one attached hydrogen (secondary N) is 2. The van der Waals surface area contributed by atoms with Crippen molar-refractivity contribution in [1.29, 1.82) is 0 Å². The summed E-state index contributed by atoms with van der Waals surface area (Å²) in [6.07, 6.45) is 6.66. The maximum Gasteiger partial charge on any atom is 0.272 e. The van der Waals surface area contributed by atoms with Crippen LogP contribution in [0.4, 0.5) is 0 Å². The standard InChI is InChI=1S/C25H26N4O3/c30-22(28-32)14-13-18-9-11-19(12-10-18)17-21-26-23(20-7-3-1-4-8-20)24(27-21)25(31)29-15-5-2-6-16-29/h1,3-4,7-14,32H,2,5-6,15-17H2,(H,26,27)(H,28,30). The number of likely N-dealkylation sites (tertiary alicyclic amines) is 1. The van der Waals surface area contributed by atoms with Crippen molar-refractivity contribution in [1.82, 2.24) is 20.3 Å². The molecule has 0 bridgehead atoms. The van der Waals surface area contributed by atoms with Gasteiger partial charge in [0.15, 0.2) is 0 Å². The number of nitrogens with zero attached hydrogens (tertiary/aromatic N) is 2. The van der Waals surface area contributed by atoms with E-state index >= 15 is 0 Å². The highest BCUT2D eigenvalue weighted by Crippen LogP contribution is 2.25. The Morgan fingerprint density at radius 2 is 1.75 bits per heavy atom. The van der Waals surface area contributed by atoms with Crippen LogP contribution in [0.15, 0.2) is 60.7 Å². The molecule has 4 rings (SSSR count). The minimum atomic E-state index is -0.580. The number of amides is 2. The smallest absolute Gasteiger partial charge is 0.272 e. The number of hydroxylamine groups is 1. The van der Waals surface area contributed by atoms with Gasteiger partial charge in [0.05, 0.1) is 0 Å². The molecule has 1 aromatic heterocycles. The van der Waals surface area contributed by atoms with Gasteiger partial charge in [-0.2, -0.15) is 0 Å². The van der Waals surface area contributed by atoms with Gasteiger partial charge in [-0.1, -0.05) is 54.6 Å². The lowest BCUT2D eigenvalue weighted by atomic mass is 10.1. The Morgan fingerprint density at radius 1 is 1.03 bits per heavy atom. The number of hydrogen-bond donors (Lipinski definition) is 3. The van der Waals surface area contributed by atoms with Gasteiger partial charge < -0.3 is 9.88 Å². The Bertz CT molecular complexity index is 1100. The van der Waals surface area contributed by atoms with E-state index in [0.29, 0.717) is 17.8 Å². The highest BCUT2D eigenvalue weighted by Gasteiger charge is 2.24. The van der Waals surface area contributed by atoms with E-state index in [1.807, 2.05) is 59.5 Å². The molecule has 1 saturated heterocycles. The number of benzene rings is 2. The molecule has 1 fully saturated rings. The van der Waals surface area contributed by atoms with E-state index in [9.17, 15) is 9.59 Å². The molecule has 32 heavy (non-hydrogen) atoms. The number of H-pyrrole nitrogens is 1. The molecule has 7 nitrogen and oxygen atoms in total. The summed E-state index contributed by atoms with van der Waals surface area (Å²) in [6.45, 7) is 1.56. The molecule has 0 radical (unpaired) electrons. The molecule has 3 aromatic rings. The van der Waals surface area contributed by atoms with Crippen LogP contribution in [-0.4, -0.2) is 45.0 Å². The van der Waals surface area contributed by atoms with Crippen LogP contribution < -0.4 is 5.48 Å².